The standard InChI is InChI=1S/C15H26N4O2/c1-4-10-16-13-17-14(20-11(2)3)19-15(18-13)21-12-8-6-5-7-9-12/h11-12H,4-10H2,1-3H3,(H,16,17,18,19). The Hall–Kier alpha value is -1.59. The molecule has 0 amide bonds. The highest BCUT2D eigenvalue weighted by atomic mass is 16.5. The fourth-order valence-electron chi connectivity index (χ4n) is 2.30. The van der Waals surface area contributed by atoms with Crippen LogP contribution in [0.4, 0.5) is 5.95 Å². The van der Waals surface area contributed by atoms with Crippen molar-refractivity contribution in [2.45, 2.75) is 71.5 Å². The van der Waals surface area contributed by atoms with Gasteiger partial charge in [0.25, 0.3) is 0 Å². The molecular weight excluding hydrogens is 268 g/mol. The molecule has 6 nitrogen and oxygen atoms in total. The number of rotatable bonds is 7. The van der Waals surface area contributed by atoms with E-state index < -0.39 is 0 Å². The lowest BCUT2D eigenvalue weighted by Crippen LogP contribution is -2.22. The minimum Gasteiger partial charge on any atom is -0.461 e. The maximum absolute atomic E-state index is 5.92. The molecule has 1 fully saturated rings. The van der Waals surface area contributed by atoms with Crippen LogP contribution in [0.3, 0.4) is 0 Å². The van der Waals surface area contributed by atoms with Crippen molar-refractivity contribution in [3.8, 4) is 12.0 Å². The van der Waals surface area contributed by atoms with E-state index in [0.29, 0.717) is 18.0 Å². The summed E-state index contributed by atoms with van der Waals surface area (Å²) in [6, 6.07) is 0.690. The molecule has 0 saturated heterocycles. The summed E-state index contributed by atoms with van der Waals surface area (Å²) in [7, 11) is 0. The molecule has 1 aromatic heterocycles. The number of nitrogens with zero attached hydrogens (tertiary/aromatic N) is 3. The Kier molecular flexibility index (Phi) is 6.02. The highest BCUT2D eigenvalue weighted by Crippen LogP contribution is 2.23. The zero-order chi connectivity index (χ0) is 15.1. The average Bonchev–Trinajstić information content (AvgIpc) is 2.45. The SMILES string of the molecule is CCCNc1nc(OC(C)C)nc(OC2CCCCC2)n1. The summed E-state index contributed by atoms with van der Waals surface area (Å²) in [5.74, 6) is 0.522. The van der Waals surface area contributed by atoms with Crippen LogP contribution >= 0.6 is 0 Å². The van der Waals surface area contributed by atoms with Gasteiger partial charge in [-0.15, -0.1) is 4.98 Å². The van der Waals surface area contributed by atoms with Gasteiger partial charge in [0.1, 0.15) is 6.10 Å². The Morgan fingerprint density at radius 3 is 2.48 bits per heavy atom. The van der Waals surface area contributed by atoms with E-state index in [-0.39, 0.29) is 12.2 Å². The van der Waals surface area contributed by atoms with Gasteiger partial charge in [-0.2, -0.15) is 9.97 Å². The van der Waals surface area contributed by atoms with Gasteiger partial charge in [0.15, 0.2) is 0 Å². The van der Waals surface area contributed by atoms with Crippen LogP contribution in [0, 0.1) is 0 Å². The third kappa shape index (κ3) is 5.36. The van der Waals surface area contributed by atoms with Crippen LogP contribution in [0.25, 0.3) is 0 Å². The average molecular weight is 294 g/mol. The predicted molar refractivity (Wildman–Crippen MR) is 81.9 cm³/mol. The van der Waals surface area contributed by atoms with E-state index in [0.717, 1.165) is 25.8 Å². The van der Waals surface area contributed by atoms with Gasteiger partial charge in [0.05, 0.1) is 6.10 Å². The topological polar surface area (TPSA) is 69.2 Å². The number of aromatic nitrogens is 3. The van der Waals surface area contributed by atoms with Crippen LogP contribution in [0.2, 0.25) is 0 Å². The molecule has 0 aliphatic heterocycles. The lowest BCUT2D eigenvalue weighted by molar-refractivity contribution is 0.137. The maximum atomic E-state index is 5.92. The molecule has 0 unspecified atom stereocenters. The van der Waals surface area contributed by atoms with Crippen molar-refractivity contribution in [3.63, 3.8) is 0 Å². The number of ether oxygens (including phenoxy) is 2. The summed E-state index contributed by atoms with van der Waals surface area (Å²) in [5.41, 5.74) is 0. The first-order chi connectivity index (χ1) is 10.2. The summed E-state index contributed by atoms with van der Waals surface area (Å²) in [6.45, 7) is 6.81. The van der Waals surface area contributed by atoms with Gasteiger partial charge in [-0.3, -0.25) is 0 Å². The Labute approximate surface area is 126 Å². The molecule has 21 heavy (non-hydrogen) atoms. The molecule has 1 aliphatic carbocycles. The minimum absolute atomic E-state index is 0.0222. The number of hydrogen-bond donors (Lipinski definition) is 1. The Balaban J connectivity index is 2.09. The van der Waals surface area contributed by atoms with E-state index in [1.165, 1.54) is 19.3 Å². The van der Waals surface area contributed by atoms with Gasteiger partial charge in [0, 0.05) is 6.54 Å². The molecule has 0 radical (unpaired) electrons. The van der Waals surface area contributed by atoms with Crippen LogP contribution < -0.4 is 14.8 Å². The summed E-state index contributed by atoms with van der Waals surface area (Å²) in [4.78, 5) is 12.9. The second-order valence-corrected chi connectivity index (χ2v) is 5.70. The highest BCUT2D eigenvalue weighted by molar-refractivity contribution is 5.27. The fourth-order valence-corrected chi connectivity index (χ4v) is 2.30. The van der Waals surface area contributed by atoms with Gasteiger partial charge in [0.2, 0.25) is 5.95 Å². The van der Waals surface area contributed by atoms with Crippen molar-refractivity contribution < 1.29 is 9.47 Å². The molecule has 1 aliphatic rings. The van der Waals surface area contributed by atoms with Crippen LogP contribution in [-0.4, -0.2) is 33.7 Å². The largest absolute Gasteiger partial charge is 0.461 e. The first-order valence-corrected chi connectivity index (χ1v) is 8.00. The molecular formula is C15H26N4O2. The molecule has 6 heteroatoms. The molecule has 0 spiro atoms. The zero-order valence-corrected chi connectivity index (χ0v) is 13.3. The van der Waals surface area contributed by atoms with Gasteiger partial charge in [-0.05, 0) is 46.0 Å². The second kappa shape index (κ2) is 8.00. The molecule has 0 atom stereocenters. The van der Waals surface area contributed by atoms with Gasteiger partial charge in [-0.1, -0.05) is 13.3 Å². The highest BCUT2D eigenvalue weighted by Gasteiger charge is 2.18. The molecule has 1 aromatic rings. The fraction of sp³-hybridized carbons (Fsp3) is 0.800. The van der Waals surface area contributed by atoms with Crippen molar-refractivity contribution in [3.05, 3.63) is 0 Å². The van der Waals surface area contributed by atoms with E-state index in [1.807, 2.05) is 13.8 Å². The smallest absolute Gasteiger partial charge is 0.324 e. The summed E-state index contributed by atoms with van der Waals surface area (Å²) < 4.78 is 11.5. The van der Waals surface area contributed by atoms with Gasteiger partial charge in [-0.25, -0.2) is 0 Å². The molecule has 1 heterocycles. The Morgan fingerprint density at radius 2 is 1.81 bits per heavy atom. The molecule has 1 N–H and O–H groups in total. The van der Waals surface area contributed by atoms with E-state index >= 15 is 0 Å². The van der Waals surface area contributed by atoms with E-state index in [9.17, 15) is 0 Å². The van der Waals surface area contributed by atoms with Crippen LogP contribution in [0.5, 0.6) is 12.0 Å². The van der Waals surface area contributed by atoms with Gasteiger partial charge >= 0.3 is 12.0 Å². The normalized spacial score (nSPS) is 16.0. The van der Waals surface area contributed by atoms with Crippen LogP contribution in [0.15, 0.2) is 0 Å². The van der Waals surface area contributed by atoms with Crippen LogP contribution in [0.1, 0.15) is 59.3 Å². The Bertz CT molecular complexity index is 434. The van der Waals surface area contributed by atoms with Gasteiger partial charge < -0.3 is 14.8 Å². The number of nitrogens with one attached hydrogen (secondary N) is 1. The van der Waals surface area contributed by atoms with Crippen LogP contribution in [-0.2, 0) is 0 Å². The van der Waals surface area contributed by atoms with Crippen molar-refractivity contribution in [2.24, 2.45) is 0 Å². The number of anilines is 1. The van der Waals surface area contributed by atoms with E-state index in [2.05, 4.69) is 27.2 Å². The summed E-state index contributed by atoms with van der Waals surface area (Å²) in [6.07, 6.45) is 7.11. The lowest BCUT2D eigenvalue weighted by Gasteiger charge is -2.22. The summed E-state index contributed by atoms with van der Waals surface area (Å²) >= 11 is 0. The molecule has 0 bridgehead atoms. The van der Waals surface area contributed by atoms with E-state index in [4.69, 9.17) is 9.47 Å². The molecule has 118 valence electrons. The third-order valence-electron chi connectivity index (χ3n) is 3.29. The Morgan fingerprint density at radius 1 is 1.10 bits per heavy atom. The third-order valence-corrected chi connectivity index (χ3v) is 3.29. The van der Waals surface area contributed by atoms with Crippen molar-refractivity contribution >= 4 is 5.95 Å². The van der Waals surface area contributed by atoms with Crippen molar-refractivity contribution in [1.29, 1.82) is 0 Å². The predicted octanol–water partition coefficient (Wildman–Crippen LogP) is 3.19. The van der Waals surface area contributed by atoms with Crippen molar-refractivity contribution in [2.75, 3.05) is 11.9 Å². The molecule has 2 rings (SSSR count). The maximum Gasteiger partial charge on any atom is 0.324 e. The number of hydrogen-bond acceptors (Lipinski definition) is 6. The minimum atomic E-state index is 0.0222. The zero-order valence-electron chi connectivity index (χ0n) is 13.3. The monoisotopic (exact) mass is 294 g/mol. The quantitative estimate of drug-likeness (QED) is 0.833. The first kappa shape index (κ1) is 15.8. The summed E-state index contributed by atoms with van der Waals surface area (Å²) in [5, 5.41) is 3.16. The van der Waals surface area contributed by atoms with E-state index in [1.54, 1.807) is 0 Å². The molecule has 1 saturated carbocycles. The second-order valence-electron chi connectivity index (χ2n) is 5.70. The lowest BCUT2D eigenvalue weighted by atomic mass is 9.98. The van der Waals surface area contributed by atoms with Crippen molar-refractivity contribution in [1.82, 2.24) is 15.0 Å². The first-order valence-electron chi connectivity index (χ1n) is 8.00. The molecule has 0 aromatic carbocycles.